The Morgan fingerprint density at radius 3 is 2.60 bits per heavy atom. The summed E-state index contributed by atoms with van der Waals surface area (Å²) in [5.74, 6) is -1.97. The van der Waals surface area contributed by atoms with Crippen LogP contribution in [0.4, 0.5) is 5.00 Å². The monoisotopic (exact) mass is 316 g/mol. The summed E-state index contributed by atoms with van der Waals surface area (Å²) in [6.45, 7) is 3.57. The molecular weight excluding hydrogens is 300 g/mol. The molecule has 0 bridgehead atoms. The molecule has 1 aromatic heterocycles. The fraction of sp³-hybridized carbons (Fsp3) is 0.417. The molecule has 2 amide bonds. The Kier molecular flexibility index (Phi) is 6.03. The second kappa shape index (κ2) is 7.30. The first-order valence-electron chi connectivity index (χ1n) is 5.84. The predicted molar refractivity (Wildman–Crippen MR) is 80.2 cm³/mol. The molecule has 4 N–H and O–H groups in total. The van der Waals surface area contributed by atoms with Crippen LogP contribution in [0.3, 0.4) is 0 Å². The van der Waals surface area contributed by atoms with E-state index >= 15 is 0 Å². The van der Waals surface area contributed by atoms with Crippen molar-refractivity contribution in [3.05, 3.63) is 17.0 Å². The van der Waals surface area contributed by atoms with Crippen LogP contribution in [0, 0.1) is 5.92 Å². The number of nitrogens with two attached hydrogens (primary N) is 1. The van der Waals surface area contributed by atoms with Crippen LogP contribution in [-0.2, 0) is 9.59 Å². The average Bonchev–Trinajstić information content (AvgIpc) is 2.76. The molecule has 1 aromatic rings. The molecular formula is C12H16N2O4S2. The van der Waals surface area contributed by atoms with Crippen molar-refractivity contribution < 1.29 is 19.5 Å². The van der Waals surface area contributed by atoms with Gasteiger partial charge in [-0.1, -0.05) is 13.8 Å². The third-order valence-electron chi connectivity index (χ3n) is 2.43. The lowest BCUT2D eigenvalue weighted by Gasteiger charge is -2.15. The Hall–Kier alpha value is -1.54. The Balaban J connectivity index is 2.58. The Bertz CT molecular complexity index is 513. The molecule has 0 spiro atoms. The van der Waals surface area contributed by atoms with E-state index in [9.17, 15) is 14.4 Å². The van der Waals surface area contributed by atoms with Gasteiger partial charge in [-0.25, -0.2) is 0 Å². The van der Waals surface area contributed by atoms with E-state index in [1.165, 1.54) is 17.4 Å². The van der Waals surface area contributed by atoms with Gasteiger partial charge in [-0.05, 0) is 17.4 Å². The second-order valence-corrected chi connectivity index (χ2v) is 6.44. The van der Waals surface area contributed by atoms with Crippen molar-refractivity contribution in [1.29, 1.82) is 0 Å². The molecule has 110 valence electrons. The normalized spacial score (nSPS) is 12.2. The van der Waals surface area contributed by atoms with Crippen LogP contribution in [0.15, 0.2) is 11.4 Å². The SMILES string of the molecule is CC(C)C(SCC(=O)Nc1sccc1C(N)=O)C(=O)O. The molecule has 0 saturated heterocycles. The Labute approximate surface area is 124 Å². The molecule has 0 radical (unpaired) electrons. The first kappa shape index (κ1) is 16.5. The molecule has 1 heterocycles. The van der Waals surface area contributed by atoms with Crippen molar-refractivity contribution in [1.82, 2.24) is 0 Å². The highest BCUT2D eigenvalue weighted by molar-refractivity contribution is 8.01. The zero-order valence-electron chi connectivity index (χ0n) is 11.1. The summed E-state index contributed by atoms with van der Waals surface area (Å²) in [7, 11) is 0. The van der Waals surface area contributed by atoms with Gasteiger partial charge in [-0.2, -0.15) is 0 Å². The quantitative estimate of drug-likeness (QED) is 0.708. The number of aliphatic carboxylic acids is 1. The standard InChI is InChI=1S/C12H16N2O4S2/c1-6(2)9(12(17)18)20-5-8(15)14-11-7(10(13)16)3-4-19-11/h3-4,6,9H,5H2,1-2H3,(H2,13,16)(H,14,15)(H,17,18). The number of primary amides is 1. The number of carbonyl (C=O) groups excluding carboxylic acids is 2. The molecule has 1 rings (SSSR count). The van der Waals surface area contributed by atoms with Crippen LogP contribution in [0.1, 0.15) is 24.2 Å². The number of hydrogen-bond acceptors (Lipinski definition) is 5. The Morgan fingerprint density at radius 1 is 1.45 bits per heavy atom. The topological polar surface area (TPSA) is 109 Å². The lowest BCUT2D eigenvalue weighted by atomic mass is 10.1. The number of rotatable bonds is 7. The van der Waals surface area contributed by atoms with Crippen molar-refractivity contribution in [3.8, 4) is 0 Å². The number of nitrogens with one attached hydrogen (secondary N) is 1. The van der Waals surface area contributed by atoms with E-state index in [0.29, 0.717) is 5.00 Å². The first-order valence-corrected chi connectivity index (χ1v) is 7.77. The molecule has 0 aliphatic heterocycles. The second-order valence-electron chi connectivity index (χ2n) is 4.39. The van der Waals surface area contributed by atoms with Gasteiger partial charge in [0.1, 0.15) is 10.3 Å². The lowest BCUT2D eigenvalue weighted by molar-refractivity contribution is -0.137. The van der Waals surface area contributed by atoms with E-state index in [1.807, 2.05) is 0 Å². The maximum atomic E-state index is 11.8. The highest BCUT2D eigenvalue weighted by Crippen LogP contribution is 2.24. The van der Waals surface area contributed by atoms with Crippen molar-refractivity contribution in [2.45, 2.75) is 19.1 Å². The van der Waals surface area contributed by atoms with Crippen LogP contribution in [-0.4, -0.2) is 33.9 Å². The van der Waals surface area contributed by atoms with Gasteiger partial charge >= 0.3 is 5.97 Å². The van der Waals surface area contributed by atoms with E-state index in [1.54, 1.807) is 19.2 Å². The minimum Gasteiger partial charge on any atom is -0.480 e. The third-order valence-corrected chi connectivity index (χ3v) is 4.79. The fourth-order valence-electron chi connectivity index (χ4n) is 1.48. The third kappa shape index (κ3) is 4.53. The van der Waals surface area contributed by atoms with Crippen LogP contribution >= 0.6 is 23.1 Å². The van der Waals surface area contributed by atoms with Crippen molar-refractivity contribution in [2.24, 2.45) is 11.7 Å². The summed E-state index contributed by atoms with van der Waals surface area (Å²) in [6, 6.07) is 1.53. The predicted octanol–water partition coefficient (Wildman–Crippen LogP) is 1.63. The molecule has 8 heteroatoms. The fourth-order valence-corrected chi connectivity index (χ4v) is 3.22. The first-order chi connectivity index (χ1) is 9.32. The number of hydrogen-bond donors (Lipinski definition) is 3. The lowest BCUT2D eigenvalue weighted by Crippen LogP contribution is -2.26. The summed E-state index contributed by atoms with van der Waals surface area (Å²) >= 11 is 2.25. The zero-order chi connectivity index (χ0) is 15.3. The van der Waals surface area contributed by atoms with Gasteiger partial charge in [-0.3, -0.25) is 14.4 Å². The molecule has 1 atom stereocenters. The summed E-state index contributed by atoms with van der Waals surface area (Å²) in [6.07, 6.45) is 0. The molecule has 20 heavy (non-hydrogen) atoms. The smallest absolute Gasteiger partial charge is 0.316 e. The highest BCUT2D eigenvalue weighted by Gasteiger charge is 2.23. The van der Waals surface area contributed by atoms with Gasteiger partial charge in [-0.15, -0.1) is 23.1 Å². The maximum Gasteiger partial charge on any atom is 0.316 e. The minimum absolute atomic E-state index is 0.00521. The summed E-state index contributed by atoms with van der Waals surface area (Å²) in [5.41, 5.74) is 5.43. The zero-order valence-corrected chi connectivity index (χ0v) is 12.7. The van der Waals surface area contributed by atoms with E-state index in [2.05, 4.69) is 5.32 Å². The molecule has 1 unspecified atom stereocenters. The number of carboxylic acid groups (broad SMARTS) is 1. The largest absolute Gasteiger partial charge is 0.480 e. The van der Waals surface area contributed by atoms with E-state index in [4.69, 9.17) is 10.8 Å². The molecule has 0 aliphatic carbocycles. The van der Waals surface area contributed by atoms with Crippen molar-refractivity contribution in [2.75, 3.05) is 11.1 Å². The molecule has 0 fully saturated rings. The van der Waals surface area contributed by atoms with Gasteiger partial charge in [0, 0.05) is 0 Å². The van der Waals surface area contributed by atoms with Crippen molar-refractivity contribution in [3.63, 3.8) is 0 Å². The summed E-state index contributed by atoms with van der Waals surface area (Å²) in [4.78, 5) is 33.9. The number of carbonyl (C=O) groups is 3. The molecule has 6 nitrogen and oxygen atoms in total. The van der Waals surface area contributed by atoms with Crippen LogP contribution in [0.2, 0.25) is 0 Å². The maximum absolute atomic E-state index is 11.8. The number of anilines is 1. The number of thioether (sulfide) groups is 1. The van der Waals surface area contributed by atoms with Gasteiger partial charge in [0.05, 0.1) is 11.3 Å². The van der Waals surface area contributed by atoms with E-state index in [-0.39, 0.29) is 23.1 Å². The average molecular weight is 316 g/mol. The van der Waals surface area contributed by atoms with E-state index < -0.39 is 17.1 Å². The van der Waals surface area contributed by atoms with Gasteiger partial charge in [0.15, 0.2) is 0 Å². The highest BCUT2D eigenvalue weighted by atomic mass is 32.2. The van der Waals surface area contributed by atoms with Crippen LogP contribution in [0.5, 0.6) is 0 Å². The van der Waals surface area contributed by atoms with Gasteiger partial charge in [0.2, 0.25) is 5.91 Å². The van der Waals surface area contributed by atoms with E-state index in [0.717, 1.165) is 11.8 Å². The Morgan fingerprint density at radius 2 is 2.10 bits per heavy atom. The number of carboxylic acids is 1. The minimum atomic E-state index is -0.938. The van der Waals surface area contributed by atoms with Gasteiger partial charge < -0.3 is 16.2 Å². The molecule has 0 saturated carbocycles. The van der Waals surface area contributed by atoms with Crippen molar-refractivity contribution >= 4 is 45.9 Å². The summed E-state index contributed by atoms with van der Waals surface area (Å²) < 4.78 is 0. The molecule has 0 aromatic carbocycles. The number of thiophene rings is 1. The van der Waals surface area contributed by atoms with Gasteiger partial charge in [0.25, 0.3) is 5.91 Å². The van der Waals surface area contributed by atoms with Crippen LogP contribution in [0.25, 0.3) is 0 Å². The van der Waals surface area contributed by atoms with Crippen LogP contribution < -0.4 is 11.1 Å². The molecule has 0 aliphatic rings. The summed E-state index contributed by atoms with van der Waals surface area (Å²) in [5, 5.41) is 13.0. The number of amides is 2.